The smallest absolute Gasteiger partial charge is 0.312 e. The Hall–Kier alpha value is -4.46. The molecule has 4 aromatic rings. The zero-order valence-electron chi connectivity index (χ0n) is 16.4. The van der Waals surface area contributed by atoms with Gasteiger partial charge in [-0.25, -0.2) is 0 Å². The van der Waals surface area contributed by atoms with Crippen LogP contribution in [0.25, 0.3) is 22.3 Å². The van der Waals surface area contributed by atoms with Gasteiger partial charge in [0.25, 0.3) is 0 Å². The van der Waals surface area contributed by atoms with Crippen molar-refractivity contribution in [2.45, 2.75) is 12.3 Å². The van der Waals surface area contributed by atoms with Crippen molar-refractivity contribution >= 4 is 16.9 Å². The second-order valence-corrected chi connectivity index (χ2v) is 7.47. The van der Waals surface area contributed by atoms with Crippen LogP contribution >= 0.6 is 0 Å². The molecule has 160 valence electrons. The Labute approximate surface area is 180 Å². The molecule has 0 amide bonds. The van der Waals surface area contributed by atoms with Crippen LogP contribution in [0.4, 0.5) is 0 Å². The molecule has 1 atom stereocenters. The van der Waals surface area contributed by atoms with E-state index in [2.05, 4.69) is 0 Å². The highest BCUT2D eigenvalue weighted by Gasteiger charge is 2.34. The van der Waals surface area contributed by atoms with Gasteiger partial charge in [0.15, 0.2) is 17.3 Å². The summed E-state index contributed by atoms with van der Waals surface area (Å²) in [6.07, 6.45) is -0.0171. The minimum Gasteiger partial charge on any atom is -0.507 e. The number of benzene rings is 3. The molecule has 4 N–H and O–H groups in total. The maximum Gasteiger partial charge on any atom is 0.312 e. The summed E-state index contributed by atoms with van der Waals surface area (Å²) in [5.41, 5.74) is 0.337. The number of esters is 1. The molecule has 0 bridgehead atoms. The van der Waals surface area contributed by atoms with Gasteiger partial charge >= 0.3 is 5.97 Å². The van der Waals surface area contributed by atoms with Crippen LogP contribution < -0.4 is 10.2 Å². The molecule has 1 aliphatic heterocycles. The van der Waals surface area contributed by atoms with E-state index < -0.39 is 34.6 Å². The third kappa shape index (κ3) is 2.92. The number of aromatic hydroxyl groups is 4. The molecule has 1 unspecified atom stereocenters. The zero-order chi connectivity index (χ0) is 22.6. The number of fused-ring (bicyclic) bond motifs is 3. The van der Waals surface area contributed by atoms with E-state index in [-0.39, 0.29) is 40.2 Å². The Balaban J connectivity index is 1.87. The average Bonchev–Trinajstić information content (AvgIpc) is 2.77. The van der Waals surface area contributed by atoms with Crippen molar-refractivity contribution in [2.24, 2.45) is 0 Å². The minimum atomic E-state index is -0.891. The van der Waals surface area contributed by atoms with Gasteiger partial charge in [0.2, 0.25) is 11.2 Å². The van der Waals surface area contributed by atoms with Gasteiger partial charge in [-0.15, -0.1) is 0 Å². The van der Waals surface area contributed by atoms with Gasteiger partial charge in [-0.1, -0.05) is 30.3 Å². The number of phenols is 3. The molecule has 5 rings (SSSR count). The van der Waals surface area contributed by atoms with Crippen molar-refractivity contribution in [1.82, 2.24) is 0 Å². The van der Waals surface area contributed by atoms with E-state index in [0.29, 0.717) is 5.56 Å². The van der Waals surface area contributed by atoms with Crippen molar-refractivity contribution in [3.63, 3.8) is 0 Å². The SMILES string of the molecule is O=C1CC(c2ccccc2)c2c(cc(O)c3c(=O)c(O)c(-c4ccc(O)c(O)c4)oc23)O1. The molecule has 32 heavy (non-hydrogen) atoms. The first-order valence-corrected chi connectivity index (χ1v) is 9.68. The Kier molecular flexibility index (Phi) is 4.30. The van der Waals surface area contributed by atoms with Gasteiger partial charge in [0.05, 0.1) is 6.42 Å². The topological polar surface area (TPSA) is 137 Å². The van der Waals surface area contributed by atoms with Gasteiger partial charge in [-0.2, -0.15) is 0 Å². The van der Waals surface area contributed by atoms with Crippen LogP contribution in [0.3, 0.4) is 0 Å². The van der Waals surface area contributed by atoms with Crippen LogP contribution in [0.5, 0.6) is 28.7 Å². The first-order valence-electron chi connectivity index (χ1n) is 9.68. The number of rotatable bonds is 2. The van der Waals surface area contributed by atoms with E-state index in [0.717, 1.165) is 17.7 Å². The van der Waals surface area contributed by atoms with Gasteiger partial charge in [-0.3, -0.25) is 9.59 Å². The quantitative estimate of drug-likeness (QED) is 0.214. The summed E-state index contributed by atoms with van der Waals surface area (Å²) in [5, 5.41) is 40.2. The van der Waals surface area contributed by atoms with E-state index in [4.69, 9.17) is 9.15 Å². The molecule has 8 nitrogen and oxygen atoms in total. The molecule has 0 spiro atoms. The summed E-state index contributed by atoms with van der Waals surface area (Å²) in [6, 6.07) is 13.9. The first-order chi connectivity index (χ1) is 15.3. The maximum atomic E-state index is 13.0. The molecule has 0 fully saturated rings. The van der Waals surface area contributed by atoms with Crippen LogP contribution in [0.15, 0.2) is 63.8 Å². The largest absolute Gasteiger partial charge is 0.507 e. The van der Waals surface area contributed by atoms with Gasteiger partial charge in [0.1, 0.15) is 22.5 Å². The summed E-state index contributed by atoms with van der Waals surface area (Å²) in [7, 11) is 0. The van der Waals surface area contributed by atoms with Crippen molar-refractivity contribution in [1.29, 1.82) is 0 Å². The lowest BCUT2D eigenvalue weighted by Crippen LogP contribution is -2.22. The van der Waals surface area contributed by atoms with Crippen molar-refractivity contribution in [3.8, 4) is 40.1 Å². The first kappa shape index (κ1) is 19.5. The van der Waals surface area contributed by atoms with Crippen molar-refractivity contribution in [2.75, 3.05) is 0 Å². The lowest BCUT2D eigenvalue weighted by atomic mass is 9.85. The van der Waals surface area contributed by atoms with Crippen molar-refractivity contribution in [3.05, 3.63) is 75.9 Å². The summed E-state index contributed by atoms with van der Waals surface area (Å²) in [5.74, 6) is -3.39. The molecular formula is C24H16O8. The monoisotopic (exact) mass is 432 g/mol. The number of hydrogen-bond donors (Lipinski definition) is 4. The van der Waals surface area contributed by atoms with E-state index in [1.54, 1.807) is 0 Å². The number of ether oxygens (including phenoxy) is 1. The lowest BCUT2D eigenvalue weighted by Gasteiger charge is -2.26. The van der Waals surface area contributed by atoms with Crippen molar-refractivity contribution < 1.29 is 34.4 Å². The number of carbonyl (C=O) groups excluding carboxylic acids is 1. The molecule has 0 aliphatic carbocycles. The number of carbonyl (C=O) groups is 1. The zero-order valence-corrected chi connectivity index (χ0v) is 16.4. The van der Waals surface area contributed by atoms with E-state index in [1.165, 1.54) is 12.1 Å². The highest BCUT2D eigenvalue weighted by atomic mass is 16.5. The number of phenolic OH excluding ortho intramolecular Hbond substituents is 3. The summed E-state index contributed by atoms with van der Waals surface area (Å²) in [6.45, 7) is 0. The van der Waals surface area contributed by atoms with Gasteiger partial charge in [0, 0.05) is 23.1 Å². The normalized spacial score (nSPS) is 15.4. The highest BCUT2D eigenvalue weighted by Crippen LogP contribution is 2.47. The Morgan fingerprint density at radius 1 is 0.844 bits per heavy atom. The van der Waals surface area contributed by atoms with E-state index in [1.807, 2.05) is 30.3 Å². The van der Waals surface area contributed by atoms with Crippen LogP contribution in [0, 0.1) is 0 Å². The molecule has 0 saturated heterocycles. The average molecular weight is 432 g/mol. The number of hydrogen-bond acceptors (Lipinski definition) is 8. The Morgan fingerprint density at radius 2 is 1.59 bits per heavy atom. The van der Waals surface area contributed by atoms with Crippen LogP contribution in [0.2, 0.25) is 0 Å². The predicted molar refractivity (Wildman–Crippen MR) is 113 cm³/mol. The third-order valence-corrected chi connectivity index (χ3v) is 5.51. The van der Waals surface area contributed by atoms with E-state index in [9.17, 15) is 30.0 Å². The fourth-order valence-electron chi connectivity index (χ4n) is 4.01. The second-order valence-electron chi connectivity index (χ2n) is 7.47. The highest BCUT2D eigenvalue weighted by molar-refractivity contribution is 5.94. The second kappa shape index (κ2) is 7.05. The molecule has 8 heteroatoms. The molecule has 3 aromatic carbocycles. The summed E-state index contributed by atoms with van der Waals surface area (Å²) < 4.78 is 11.3. The fraction of sp³-hybridized carbons (Fsp3) is 0.0833. The van der Waals surface area contributed by atoms with E-state index >= 15 is 0 Å². The Morgan fingerprint density at radius 3 is 2.31 bits per heavy atom. The van der Waals surface area contributed by atoms with Crippen LogP contribution in [-0.2, 0) is 4.79 Å². The van der Waals surface area contributed by atoms with Gasteiger partial charge in [-0.05, 0) is 23.8 Å². The van der Waals surface area contributed by atoms with Crippen LogP contribution in [-0.4, -0.2) is 26.4 Å². The molecule has 0 radical (unpaired) electrons. The fourth-order valence-corrected chi connectivity index (χ4v) is 4.01. The lowest BCUT2D eigenvalue weighted by molar-refractivity contribution is -0.135. The van der Waals surface area contributed by atoms with Gasteiger partial charge < -0.3 is 29.6 Å². The van der Waals surface area contributed by atoms with Crippen LogP contribution in [0.1, 0.15) is 23.5 Å². The molecule has 2 heterocycles. The predicted octanol–water partition coefficient (Wildman–Crippen LogP) is 3.72. The third-order valence-electron chi connectivity index (χ3n) is 5.51. The molecule has 1 aliphatic rings. The summed E-state index contributed by atoms with van der Waals surface area (Å²) in [4.78, 5) is 25.2. The molecule has 0 saturated carbocycles. The molecule has 1 aromatic heterocycles. The Bertz CT molecular complexity index is 1450. The molecular weight excluding hydrogens is 416 g/mol. The maximum absolute atomic E-state index is 13.0. The summed E-state index contributed by atoms with van der Waals surface area (Å²) >= 11 is 0. The standard InChI is InChI=1S/C24H16O8/c25-14-7-6-12(8-15(14)26)23-22(30)21(29)20-16(27)10-17-19(24(20)32-23)13(9-18(28)31-17)11-4-2-1-3-5-11/h1-8,10,13,25-27,30H,9H2. The minimum absolute atomic E-state index is 0.0171.